The fourth-order valence-electron chi connectivity index (χ4n) is 4.25. The zero-order valence-corrected chi connectivity index (χ0v) is 19.3. The van der Waals surface area contributed by atoms with Gasteiger partial charge in [-0.15, -0.1) is 0 Å². The van der Waals surface area contributed by atoms with Gasteiger partial charge in [0.05, 0.1) is 16.1 Å². The highest BCUT2D eigenvalue weighted by Gasteiger charge is 2.37. The molecule has 7 nitrogen and oxygen atoms in total. The lowest BCUT2D eigenvalue weighted by atomic mass is 9.87. The number of hydrogen-bond acceptors (Lipinski definition) is 5. The van der Waals surface area contributed by atoms with E-state index in [0.29, 0.717) is 43.1 Å². The maximum atomic E-state index is 13.3. The fraction of sp³-hybridized carbons (Fsp3) is 0.458. The van der Waals surface area contributed by atoms with Crippen LogP contribution < -0.4 is 5.32 Å². The lowest BCUT2D eigenvalue weighted by molar-refractivity contribution is -0.127. The molecule has 2 aliphatic rings. The van der Waals surface area contributed by atoms with E-state index in [1.54, 1.807) is 43.5 Å². The molecule has 2 amide bonds. The molecular weight excluding hydrogens is 426 g/mol. The molecule has 2 fully saturated rings. The van der Waals surface area contributed by atoms with E-state index in [2.05, 4.69) is 10.3 Å². The van der Waals surface area contributed by atoms with Crippen molar-refractivity contribution in [3.8, 4) is 0 Å². The minimum Gasteiger partial charge on any atom is -0.343 e. The van der Waals surface area contributed by atoms with Crippen molar-refractivity contribution in [3.05, 3.63) is 53.7 Å². The van der Waals surface area contributed by atoms with Gasteiger partial charge < -0.3 is 10.2 Å². The topological polar surface area (TPSA) is 96.4 Å². The standard InChI is InChI=1S/C24H29N3O4S/c1-16-3-10-23(25-14-16)26-24(29)22(13-18-11-12-27(15-18)17(2)28)19-4-6-20(7-5-19)32(30,31)21-8-9-21/h3-7,10,14,18,21-22H,8-9,11-13,15H2,1-2H3,(H,25,26,29)/t18-,22?/m1/s1. The number of benzene rings is 1. The van der Waals surface area contributed by atoms with Gasteiger partial charge in [-0.3, -0.25) is 9.59 Å². The summed E-state index contributed by atoms with van der Waals surface area (Å²) in [4.78, 5) is 31.4. The molecule has 8 heteroatoms. The van der Waals surface area contributed by atoms with Crippen molar-refractivity contribution in [1.82, 2.24) is 9.88 Å². The average molecular weight is 456 g/mol. The van der Waals surface area contributed by atoms with Crippen molar-refractivity contribution in [2.75, 3.05) is 18.4 Å². The normalized spacial score (nSPS) is 19.6. The molecule has 1 saturated carbocycles. The number of nitrogens with zero attached hydrogens (tertiary/aromatic N) is 2. The smallest absolute Gasteiger partial charge is 0.233 e. The third-order valence-electron chi connectivity index (χ3n) is 6.35. The maximum absolute atomic E-state index is 13.3. The molecule has 2 aromatic rings. The SMILES string of the molecule is CC(=O)N1CC[C@H](CC(C(=O)Nc2ccc(C)cn2)c2ccc(S(=O)(=O)C3CC3)cc2)C1. The van der Waals surface area contributed by atoms with Crippen molar-refractivity contribution < 1.29 is 18.0 Å². The largest absolute Gasteiger partial charge is 0.343 e. The number of pyridine rings is 1. The van der Waals surface area contributed by atoms with E-state index in [1.165, 1.54) is 0 Å². The molecule has 4 rings (SSSR count). The van der Waals surface area contributed by atoms with Crippen molar-refractivity contribution in [2.45, 2.75) is 55.6 Å². The summed E-state index contributed by atoms with van der Waals surface area (Å²) >= 11 is 0. The van der Waals surface area contributed by atoms with Crippen molar-refractivity contribution in [2.24, 2.45) is 5.92 Å². The Morgan fingerprint density at radius 2 is 1.84 bits per heavy atom. The maximum Gasteiger partial charge on any atom is 0.233 e. The molecule has 2 atom stereocenters. The number of carbonyl (C=O) groups excluding carboxylic acids is 2. The summed E-state index contributed by atoms with van der Waals surface area (Å²) in [7, 11) is -3.28. The lowest BCUT2D eigenvalue weighted by Gasteiger charge is -2.21. The molecule has 1 aliphatic carbocycles. The number of likely N-dealkylation sites (tertiary alicyclic amines) is 1. The van der Waals surface area contributed by atoms with E-state index in [-0.39, 0.29) is 23.0 Å². The van der Waals surface area contributed by atoms with Gasteiger partial charge in [0.2, 0.25) is 11.8 Å². The van der Waals surface area contributed by atoms with E-state index in [4.69, 9.17) is 0 Å². The van der Waals surface area contributed by atoms with Crippen molar-refractivity contribution in [1.29, 1.82) is 0 Å². The Morgan fingerprint density at radius 1 is 1.12 bits per heavy atom. The summed E-state index contributed by atoms with van der Waals surface area (Å²) < 4.78 is 25.1. The lowest BCUT2D eigenvalue weighted by Crippen LogP contribution is -2.28. The number of hydrogen-bond donors (Lipinski definition) is 1. The van der Waals surface area contributed by atoms with Crippen LogP contribution in [0.25, 0.3) is 0 Å². The minimum absolute atomic E-state index is 0.0481. The van der Waals surface area contributed by atoms with E-state index in [9.17, 15) is 18.0 Å². The van der Waals surface area contributed by atoms with Crippen LogP contribution >= 0.6 is 0 Å². The van der Waals surface area contributed by atoms with Gasteiger partial charge in [0.15, 0.2) is 9.84 Å². The van der Waals surface area contributed by atoms with Crippen LogP contribution in [0.2, 0.25) is 0 Å². The molecule has 2 heterocycles. The van der Waals surface area contributed by atoms with Gasteiger partial charge in [-0.05, 0) is 67.9 Å². The first-order chi connectivity index (χ1) is 15.2. The monoisotopic (exact) mass is 455 g/mol. The molecule has 0 spiro atoms. The van der Waals surface area contributed by atoms with Crippen LogP contribution in [0.1, 0.15) is 49.7 Å². The van der Waals surface area contributed by atoms with Crippen LogP contribution in [0.15, 0.2) is 47.5 Å². The van der Waals surface area contributed by atoms with Gasteiger partial charge in [0.1, 0.15) is 5.82 Å². The first kappa shape index (κ1) is 22.5. The first-order valence-corrected chi connectivity index (χ1v) is 12.6. The molecule has 32 heavy (non-hydrogen) atoms. The number of rotatable bonds is 7. The van der Waals surface area contributed by atoms with E-state index in [0.717, 1.165) is 17.5 Å². The molecule has 1 aromatic heterocycles. The summed E-state index contributed by atoms with van der Waals surface area (Å²) in [5.74, 6) is 0.0888. The predicted molar refractivity (Wildman–Crippen MR) is 122 cm³/mol. The molecule has 0 radical (unpaired) electrons. The van der Waals surface area contributed by atoms with Crippen molar-refractivity contribution >= 4 is 27.5 Å². The highest BCUT2D eigenvalue weighted by molar-refractivity contribution is 7.92. The van der Waals surface area contributed by atoms with Crippen LogP contribution in [0.5, 0.6) is 0 Å². The second kappa shape index (κ2) is 9.02. The number of anilines is 1. The van der Waals surface area contributed by atoms with Gasteiger partial charge in [-0.25, -0.2) is 13.4 Å². The van der Waals surface area contributed by atoms with Gasteiger partial charge in [-0.2, -0.15) is 0 Å². The summed E-state index contributed by atoms with van der Waals surface area (Å²) in [5.41, 5.74) is 1.77. The molecule has 0 bridgehead atoms. The third kappa shape index (κ3) is 5.01. The highest BCUT2D eigenvalue weighted by atomic mass is 32.2. The third-order valence-corrected chi connectivity index (χ3v) is 8.63. The zero-order chi connectivity index (χ0) is 22.9. The summed E-state index contributed by atoms with van der Waals surface area (Å²) in [5, 5.41) is 2.63. The van der Waals surface area contributed by atoms with Gasteiger partial charge in [0.25, 0.3) is 0 Å². The minimum atomic E-state index is -3.28. The second-order valence-corrected chi connectivity index (χ2v) is 11.2. The number of nitrogens with one attached hydrogen (secondary N) is 1. The second-order valence-electron chi connectivity index (χ2n) is 8.93. The molecule has 170 valence electrons. The van der Waals surface area contributed by atoms with Gasteiger partial charge >= 0.3 is 0 Å². The number of aromatic nitrogens is 1. The molecule has 1 aliphatic heterocycles. The number of carbonyl (C=O) groups is 2. The Kier molecular flexibility index (Phi) is 6.33. The Bertz CT molecular complexity index is 1090. The quantitative estimate of drug-likeness (QED) is 0.691. The molecule has 1 N–H and O–H groups in total. The first-order valence-electron chi connectivity index (χ1n) is 11.1. The summed E-state index contributed by atoms with van der Waals surface area (Å²) in [6.45, 7) is 4.83. The Labute approximate surface area is 189 Å². The zero-order valence-electron chi connectivity index (χ0n) is 18.5. The van der Waals surface area contributed by atoms with E-state index >= 15 is 0 Å². The predicted octanol–water partition coefficient (Wildman–Crippen LogP) is 3.31. The Morgan fingerprint density at radius 3 is 2.41 bits per heavy atom. The molecule has 1 saturated heterocycles. The van der Waals surface area contributed by atoms with E-state index in [1.807, 2.05) is 17.9 Å². The number of sulfone groups is 1. The average Bonchev–Trinajstić information content (AvgIpc) is 3.53. The highest BCUT2D eigenvalue weighted by Crippen LogP contribution is 2.35. The fourth-order valence-corrected chi connectivity index (χ4v) is 5.91. The van der Waals surface area contributed by atoms with Crippen molar-refractivity contribution in [3.63, 3.8) is 0 Å². The summed E-state index contributed by atoms with van der Waals surface area (Å²) in [6.07, 6.45) is 4.56. The number of amides is 2. The van der Waals surface area contributed by atoms with Crippen LogP contribution in [0.3, 0.4) is 0 Å². The van der Waals surface area contributed by atoms with Crippen LogP contribution in [0.4, 0.5) is 5.82 Å². The Balaban J connectivity index is 1.55. The summed E-state index contributed by atoms with van der Waals surface area (Å²) in [6, 6.07) is 10.4. The van der Waals surface area contributed by atoms with Crippen LogP contribution in [-0.2, 0) is 19.4 Å². The van der Waals surface area contributed by atoms with Crippen LogP contribution in [-0.4, -0.2) is 48.5 Å². The van der Waals surface area contributed by atoms with Gasteiger partial charge in [0, 0.05) is 26.2 Å². The molecule has 1 aromatic carbocycles. The van der Waals surface area contributed by atoms with E-state index < -0.39 is 15.8 Å². The van der Waals surface area contributed by atoms with Crippen LogP contribution in [0, 0.1) is 12.8 Å². The number of aryl methyl sites for hydroxylation is 1. The molecular formula is C24H29N3O4S. The van der Waals surface area contributed by atoms with Gasteiger partial charge in [-0.1, -0.05) is 18.2 Å². The Hall–Kier alpha value is -2.74. The molecule has 1 unspecified atom stereocenters.